The minimum atomic E-state index is 0.218. The first-order valence-electron chi connectivity index (χ1n) is 5.72. The number of aromatic nitrogens is 4. The highest BCUT2D eigenvalue weighted by Gasteiger charge is 2.09. The largest absolute Gasteiger partial charge is 0.339 e. The second-order valence-electron chi connectivity index (χ2n) is 4.28. The summed E-state index contributed by atoms with van der Waals surface area (Å²) in [5.41, 5.74) is 6.55. The summed E-state index contributed by atoms with van der Waals surface area (Å²) < 4.78 is 6.88. The molecule has 0 saturated carbocycles. The van der Waals surface area contributed by atoms with E-state index >= 15 is 0 Å². The van der Waals surface area contributed by atoms with Gasteiger partial charge in [0.05, 0.1) is 11.8 Å². The van der Waals surface area contributed by atoms with E-state index < -0.39 is 0 Å². The Morgan fingerprint density at radius 2 is 2.35 bits per heavy atom. The van der Waals surface area contributed by atoms with Crippen LogP contribution in [0, 0.1) is 0 Å². The van der Waals surface area contributed by atoms with Gasteiger partial charge in [0.2, 0.25) is 11.7 Å². The molecule has 0 radical (unpaired) electrons. The molecule has 2 heterocycles. The first-order chi connectivity index (χ1) is 8.15. The van der Waals surface area contributed by atoms with Gasteiger partial charge in [0.1, 0.15) is 0 Å². The lowest BCUT2D eigenvalue weighted by Crippen LogP contribution is -2.14. The van der Waals surface area contributed by atoms with E-state index in [1.807, 2.05) is 20.2 Å². The monoisotopic (exact) mass is 235 g/mol. The maximum atomic E-state index is 5.68. The molecule has 0 aliphatic rings. The summed E-state index contributed by atoms with van der Waals surface area (Å²) in [7, 11) is 1.85. The predicted octanol–water partition coefficient (Wildman–Crippen LogP) is 1.14. The Bertz CT molecular complexity index is 474. The summed E-state index contributed by atoms with van der Waals surface area (Å²) in [4.78, 5) is 4.32. The molecule has 17 heavy (non-hydrogen) atoms. The van der Waals surface area contributed by atoms with Gasteiger partial charge in [-0.2, -0.15) is 10.1 Å². The molecule has 0 saturated heterocycles. The van der Waals surface area contributed by atoms with Crippen molar-refractivity contribution in [1.82, 2.24) is 19.9 Å². The number of rotatable bonds is 5. The molecule has 2 rings (SSSR count). The molecule has 6 heteroatoms. The highest BCUT2D eigenvalue weighted by atomic mass is 16.5. The van der Waals surface area contributed by atoms with Crippen LogP contribution in [0.1, 0.15) is 25.7 Å². The summed E-state index contributed by atoms with van der Waals surface area (Å²) in [5, 5.41) is 7.99. The van der Waals surface area contributed by atoms with Crippen LogP contribution in [0.2, 0.25) is 0 Å². The second kappa shape index (κ2) is 5.09. The Morgan fingerprint density at radius 3 is 3.00 bits per heavy atom. The zero-order valence-corrected chi connectivity index (χ0v) is 10.1. The van der Waals surface area contributed by atoms with Crippen molar-refractivity contribution in [3.8, 4) is 11.4 Å². The summed E-state index contributed by atoms with van der Waals surface area (Å²) in [6.07, 6.45) is 6.28. The van der Waals surface area contributed by atoms with Crippen molar-refractivity contribution < 1.29 is 4.52 Å². The van der Waals surface area contributed by atoms with Gasteiger partial charge in [0.15, 0.2) is 0 Å². The van der Waals surface area contributed by atoms with Crippen molar-refractivity contribution >= 4 is 0 Å². The van der Waals surface area contributed by atoms with E-state index in [2.05, 4.69) is 15.2 Å². The molecule has 0 fully saturated rings. The highest BCUT2D eigenvalue weighted by molar-refractivity contribution is 5.50. The van der Waals surface area contributed by atoms with Crippen LogP contribution in [-0.4, -0.2) is 26.0 Å². The van der Waals surface area contributed by atoms with Gasteiger partial charge in [0, 0.05) is 25.7 Å². The van der Waals surface area contributed by atoms with E-state index in [4.69, 9.17) is 10.3 Å². The number of hydrogen-bond acceptors (Lipinski definition) is 5. The normalized spacial score (nSPS) is 12.9. The molecule has 0 spiro atoms. The van der Waals surface area contributed by atoms with Crippen LogP contribution < -0.4 is 5.73 Å². The quantitative estimate of drug-likeness (QED) is 0.840. The van der Waals surface area contributed by atoms with Gasteiger partial charge in [-0.3, -0.25) is 4.68 Å². The van der Waals surface area contributed by atoms with Crippen molar-refractivity contribution in [3.63, 3.8) is 0 Å². The zero-order valence-electron chi connectivity index (χ0n) is 10.1. The average molecular weight is 235 g/mol. The van der Waals surface area contributed by atoms with E-state index in [9.17, 15) is 0 Å². The molecule has 2 aromatic heterocycles. The van der Waals surface area contributed by atoms with Gasteiger partial charge in [0.25, 0.3) is 0 Å². The SMILES string of the molecule is CC(N)CCCc1nc(-c2cnn(C)c2)no1. The second-order valence-corrected chi connectivity index (χ2v) is 4.28. The summed E-state index contributed by atoms with van der Waals surface area (Å²) in [6, 6.07) is 0.218. The smallest absolute Gasteiger partial charge is 0.226 e. The van der Waals surface area contributed by atoms with Crippen LogP contribution in [0.4, 0.5) is 0 Å². The Balaban J connectivity index is 1.96. The van der Waals surface area contributed by atoms with Crippen molar-refractivity contribution in [1.29, 1.82) is 0 Å². The van der Waals surface area contributed by atoms with E-state index in [1.165, 1.54) is 0 Å². The van der Waals surface area contributed by atoms with E-state index in [-0.39, 0.29) is 6.04 Å². The lowest BCUT2D eigenvalue weighted by atomic mass is 10.1. The molecule has 92 valence electrons. The lowest BCUT2D eigenvalue weighted by Gasteiger charge is -2.00. The highest BCUT2D eigenvalue weighted by Crippen LogP contribution is 2.15. The lowest BCUT2D eigenvalue weighted by molar-refractivity contribution is 0.373. The molecule has 0 bridgehead atoms. The fourth-order valence-electron chi connectivity index (χ4n) is 1.59. The Morgan fingerprint density at radius 1 is 1.53 bits per heavy atom. The first-order valence-corrected chi connectivity index (χ1v) is 5.72. The Labute approximate surface area is 99.8 Å². The first kappa shape index (κ1) is 11.8. The van der Waals surface area contributed by atoms with E-state index in [1.54, 1.807) is 10.9 Å². The third-order valence-electron chi connectivity index (χ3n) is 2.48. The molecule has 1 unspecified atom stereocenters. The van der Waals surface area contributed by atoms with Crippen LogP contribution in [0.15, 0.2) is 16.9 Å². The van der Waals surface area contributed by atoms with Crippen LogP contribution >= 0.6 is 0 Å². The van der Waals surface area contributed by atoms with Gasteiger partial charge >= 0.3 is 0 Å². The van der Waals surface area contributed by atoms with Crippen molar-refractivity contribution in [2.45, 2.75) is 32.2 Å². The topological polar surface area (TPSA) is 82.8 Å². The Kier molecular flexibility index (Phi) is 3.53. The summed E-state index contributed by atoms with van der Waals surface area (Å²) in [6.45, 7) is 1.99. The molecular weight excluding hydrogens is 218 g/mol. The zero-order chi connectivity index (χ0) is 12.3. The third kappa shape index (κ3) is 3.13. The van der Waals surface area contributed by atoms with Crippen molar-refractivity contribution in [2.75, 3.05) is 0 Å². The van der Waals surface area contributed by atoms with Crippen LogP contribution in [0.5, 0.6) is 0 Å². The molecule has 2 aromatic rings. The third-order valence-corrected chi connectivity index (χ3v) is 2.48. The number of nitrogens with two attached hydrogens (primary N) is 1. The van der Waals surface area contributed by atoms with Gasteiger partial charge < -0.3 is 10.3 Å². The number of aryl methyl sites for hydroxylation is 2. The molecular formula is C11H17N5O. The van der Waals surface area contributed by atoms with Crippen LogP contribution in [0.3, 0.4) is 0 Å². The fourth-order valence-corrected chi connectivity index (χ4v) is 1.59. The predicted molar refractivity (Wildman–Crippen MR) is 63.1 cm³/mol. The van der Waals surface area contributed by atoms with E-state index in [0.717, 1.165) is 24.8 Å². The average Bonchev–Trinajstić information content (AvgIpc) is 2.86. The number of nitrogens with zero attached hydrogens (tertiary/aromatic N) is 4. The van der Waals surface area contributed by atoms with Crippen molar-refractivity contribution in [2.24, 2.45) is 12.8 Å². The molecule has 0 aromatic carbocycles. The van der Waals surface area contributed by atoms with Crippen LogP contribution in [0.25, 0.3) is 11.4 Å². The molecule has 0 aliphatic heterocycles. The molecule has 0 amide bonds. The maximum Gasteiger partial charge on any atom is 0.226 e. The molecule has 1 atom stereocenters. The fraction of sp³-hybridized carbons (Fsp3) is 0.545. The van der Waals surface area contributed by atoms with Gasteiger partial charge in [-0.05, 0) is 19.8 Å². The minimum absolute atomic E-state index is 0.218. The minimum Gasteiger partial charge on any atom is -0.339 e. The van der Waals surface area contributed by atoms with Gasteiger partial charge in [-0.15, -0.1) is 0 Å². The van der Waals surface area contributed by atoms with Gasteiger partial charge in [-0.1, -0.05) is 5.16 Å². The standard InChI is InChI=1S/C11H17N5O/c1-8(12)4-3-5-10-14-11(15-17-10)9-6-13-16(2)7-9/h6-8H,3-5,12H2,1-2H3. The Hall–Kier alpha value is -1.69. The molecule has 6 nitrogen and oxygen atoms in total. The summed E-state index contributed by atoms with van der Waals surface area (Å²) in [5.74, 6) is 1.25. The number of hydrogen-bond donors (Lipinski definition) is 1. The van der Waals surface area contributed by atoms with Crippen molar-refractivity contribution in [3.05, 3.63) is 18.3 Å². The van der Waals surface area contributed by atoms with Gasteiger partial charge in [-0.25, -0.2) is 0 Å². The van der Waals surface area contributed by atoms with Crippen LogP contribution in [-0.2, 0) is 13.5 Å². The molecule has 2 N–H and O–H groups in total. The summed E-state index contributed by atoms with van der Waals surface area (Å²) >= 11 is 0. The molecule has 0 aliphatic carbocycles. The van der Waals surface area contributed by atoms with E-state index in [0.29, 0.717) is 11.7 Å². The maximum absolute atomic E-state index is 5.68.